The maximum absolute atomic E-state index is 12.9. The van der Waals surface area contributed by atoms with Gasteiger partial charge in [0, 0.05) is 7.05 Å². The molecule has 33 heavy (non-hydrogen) atoms. The van der Waals surface area contributed by atoms with Crippen molar-refractivity contribution in [2.75, 3.05) is 5.32 Å². The van der Waals surface area contributed by atoms with Crippen molar-refractivity contribution in [2.45, 2.75) is 20.0 Å². The lowest BCUT2D eigenvalue weighted by atomic mass is 10.2. The van der Waals surface area contributed by atoms with Gasteiger partial charge in [-0.05, 0) is 60.7 Å². The van der Waals surface area contributed by atoms with Crippen LogP contribution in [0.25, 0.3) is 11.4 Å². The zero-order valence-electron chi connectivity index (χ0n) is 18.2. The predicted molar refractivity (Wildman–Crippen MR) is 118 cm³/mol. The Morgan fingerprint density at radius 1 is 1.03 bits per heavy atom. The number of ether oxygens (including phenoxy) is 1. The number of nitrogens with one attached hydrogen (secondary N) is 1. The van der Waals surface area contributed by atoms with Crippen LogP contribution in [0.3, 0.4) is 0 Å². The summed E-state index contributed by atoms with van der Waals surface area (Å²) in [5, 5.41) is 13.5. The van der Waals surface area contributed by atoms with Crippen LogP contribution in [0.2, 0.25) is 0 Å². The molecular formula is C22H21N7O4. The van der Waals surface area contributed by atoms with Gasteiger partial charge in [-0.3, -0.25) is 14.3 Å². The number of hydrogen-bond acceptors (Lipinski definition) is 7. The first-order valence-electron chi connectivity index (χ1n) is 10.1. The highest BCUT2D eigenvalue weighted by atomic mass is 16.5. The molecule has 0 spiro atoms. The smallest absolute Gasteiger partial charge is 0.338 e. The summed E-state index contributed by atoms with van der Waals surface area (Å²) in [6.07, 6.45) is 0.303. The molecule has 1 N–H and O–H groups in total. The highest BCUT2D eigenvalue weighted by Crippen LogP contribution is 2.15. The average molecular weight is 447 g/mol. The molecule has 0 unspecified atom stereocenters. The zero-order valence-corrected chi connectivity index (χ0v) is 18.2. The molecule has 2 aromatic heterocycles. The monoisotopic (exact) mass is 447 g/mol. The first-order valence-corrected chi connectivity index (χ1v) is 10.1. The maximum atomic E-state index is 12.9. The van der Waals surface area contributed by atoms with E-state index in [2.05, 4.69) is 20.8 Å². The highest BCUT2D eigenvalue weighted by molar-refractivity contribution is 5.97. The number of carbonyl (C=O) groups is 2. The Morgan fingerprint density at radius 3 is 2.36 bits per heavy atom. The SMILES string of the molecule is Cc1c(NC(=O)[C@H](C)OC(=O)c2ccc(-n3cnnn3)cc2)c(=O)n(-c2ccccc2)n1C. The van der Waals surface area contributed by atoms with E-state index in [9.17, 15) is 14.4 Å². The Morgan fingerprint density at radius 2 is 1.73 bits per heavy atom. The van der Waals surface area contributed by atoms with Gasteiger partial charge in [0.05, 0.1) is 22.6 Å². The minimum atomic E-state index is -1.12. The van der Waals surface area contributed by atoms with E-state index in [0.29, 0.717) is 17.1 Å². The van der Waals surface area contributed by atoms with Crippen LogP contribution in [0, 0.1) is 6.92 Å². The number of benzene rings is 2. The minimum absolute atomic E-state index is 0.125. The van der Waals surface area contributed by atoms with Crippen molar-refractivity contribution in [3.63, 3.8) is 0 Å². The number of amides is 1. The molecule has 11 heteroatoms. The van der Waals surface area contributed by atoms with Crippen molar-refractivity contribution in [3.05, 3.63) is 82.5 Å². The Labute approximate surface area is 188 Å². The van der Waals surface area contributed by atoms with Gasteiger partial charge >= 0.3 is 5.97 Å². The molecule has 0 aliphatic rings. The summed E-state index contributed by atoms with van der Waals surface area (Å²) in [7, 11) is 1.72. The molecule has 0 aliphatic heterocycles. The van der Waals surface area contributed by atoms with Crippen LogP contribution in [0.5, 0.6) is 0 Å². The highest BCUT2D eigenvalue weighted by Gasteiger charge is 2.23. The summed E-state index contributed by atoms with van der Waals surface area (Å²) in [4.78, 5) is 38.1. The van der Waals surface area contributed by atoms with E-state index in [1.807, 2.05) is 18.2 Å². The van der Waals surface area contributed by atoms with Crippen LogP contribution in [0.1, 0.15) is 23.0 Å². The van der Waals surface area contributed by atoms with E-state index in [4.69, 9.17) is 4.74 Å². The second-order valence-corrected chi connectivity index (χ2v) is 7.27. The normalized spacial score (nSPS) is 11.7. The Kier molecular flexibility index (Phi) is 5.85. The average Bonchev–Trinajstić information content (AvgIpc) is 3.43. The summed E-state index contributed by atoms with van der Waals surface area (Å²) < 4.78 is 9.83. The van der Waals surface area contributed by atoms with E-state index in [-0.39, 0.29) is 16.8 Å². The first-order chi connectivity index (χ1) is 15.9. The number of tetrazole rings is 1. The fourth-order valence-electron chi connectivity index (χ4n) is 3.25. The molecule has 4 rings (SSSR count). The third-order valence-corrected chi connectivity index (χ3v) is 5.17. The molecule has 0 fully saturated rings. The molecule has 168 valence electrons. The Hall–Kier alpha value is -4.54. The number of esters is 1. The molecule has 0 saturated heterocycles. The quantitative estimate of drug-likeness (QED) is 0.445. The van der Waals surface area contributed by atoms with Gasteiger partial charge in [0.2, 0.25) is 0 Å². The number of nitrogens with zero attached hydrogens (tertiary/aromatic N) is 6. The van der Waals surface area contributed by atoms with Crippen LogP contribution in [-0.2, 0) is 16.6 Å². The lowest BCUT2D eigenvalue weighted by molar-refractivity contribution is -0.123. The van der Waals surface area contributed by atoms with Crippen LogP contribution in [-0.4, -0.2) is 47.6 Å². The summed E-state index contributed by atoms with van der Waals surface area (Å²) >= 11 is 0. The largest absolute Gasteiger partial charge is 0.449 e. The summed E-state index contributed by atoms with van der Waals surface area (Å²) in [6.45, 7) is 3.16. The van der Waals surface area contributed by atoms with Gasteiger partial charge in [0.25, 0.3) is 11.5 Å². The summed E-state index contributed by atoms with van der Waals surface area (Å²) in [5.41, 5.74) is 1.89. The van der Waals surface area contributed by atoms with Gasteiger partial charge in [0.15, 0.2) is 6.10 Å². The van der Waals surface area contributed by atoms with Crippen molar-refractivity contribution in [1.29, 1.82) is 0 Å². The van der Waals surface area contributed by atoms with Gasteiger partial charge in [0.1, 0.15) is 12.0 Å². The van der Waals surface area contributed by atoms with Crippen LogP contribution < -0.4 is 10.9 Å². The standard InChI is InChI=1S/C22H21N7O4/c1-14-19(21(31)29(27(14)3)18-7-5-4-6-8-18)24-20(30)15(2)33-22(32)16-9-11-17(12-10-16)28-13-23-25-26-28/h4-13,15H,1-3H3,(H,24,30)/t15-/m0/s1. The van der Waals surface area contributed by atoms with Crippen molar-refractivity contribution >= 4 is 17.6 Å². The zero-order chi connectivity index (χ0) is 23.5. The summed E-state index contributed by atoms with van der Waals surface area (Å²) in [6, 6.07) is 15.5. The molecule has 4 aromatic rings. The van der Waals surface area contributed by atoms with Crippen LogP contribution >= 0.6 is 0 Å². The van der Waals surface area contributed by atoms with Crippen LogP contribution in [0.15, 0.2) is 65.7 Å². The number of hydrogen-bond donors (Lipinski definition) is 1. The molecule has 0 radical (unpaired) electrons. The Bertz CT molecular complexity index is 1340. The number of aromatic nitrogens is 6. The molecular weight excluding hydrogens is 426 g/mol. The molecule has 1 atom stereocenters. The number of carbonyl (C=O) groups excluding carboxylic acids is 2. The molecule has 11 nitrogen and oxygen atoms in total. The van der Waals surface area contributed by atoms with E-state index < -0.39 is 18.0 Å². The van der Waals surface area contributed by atoms with Gasteiger partial charge in [-0.2, -0.15) is 0 Å². The maximum Gasteiger partial charge on any atom is 0.338 e. The van der Waals surface area contributed by atoms with Gasteiger partial charge in [-0.25, -0.2) is 14.2 Å². The topological polar surface area (TPSA) is 126 Å². The second kappa shape index (κ2) is 8.91. The predicted octanol–water partition coefficient (Wildman–Crippen LogP) is 1.64. The molecule has 2 aromatic carbocycles. The summed E-state index contributed by atoms with van der Waals surface area (Å²) in [5.74, 6) is -1.29. The van der Waals surface area contributed by atoms with Crippen LogP contribution in [0.4, 0.5) is 5.69 Å². The number of para-hydroxylation sites is 1. The fourth-order valence-corrected chi connectivity index (χ4v) is 3.25. The third-order valence-electron chi connectivity index (χ3n) is 5.17. The molecule has 2 heterocycles. The van der Waals surface area contributed by atoms with Crippen molar-refractivity contribution in [1.82, 2.24) is 29.6 Å². The van der Waals surface area contributed by atoms with Crippen molar-refractivity contribution in [3.8, 4) is 11.4 Å². The minimum Gasteiger partial charge on any atom is -0.449 e. The van der Waals surface area contributed by atoms with Gasteiger partial charge in [-0.15, -0.1) is 5.10 Å². The van der Waals surface area contributed by atoms with E-state index >= 15 is 0 Å². The number of anilines is 1. The van der Waals surface area contributed by atoms with Crippen molar-refractivity contribution in [2.24, 2.45) is 7.05 Å². The lowest BCUT2D eigenvalue weighted by Crippen LogP contribution is -2.32. The second-order valence-electron chi connectivity index (χ2n) is 7.27. The Balaban J connectivity index is 1.46. The van der Waals surface area contributed by atoms with E-state index in [1.54, 1.807) is 55.1 Å². The first kappa shape index (κ1) is 21.7. The van der Waals surface area contributed by atoms with Gasteiger partial charge in [-0.1, -0.05) is 18.2 Å². The molecule has 0 bridgehead atoms. The third kappa shape index (κ3) is 4.28. The van der Waals surface area contributed by atoms with Gasteiger partial charge < -0.3 is 10.1 Å². The fraction of sp³-hybridized carbons (Fsp3) is 0.182. The molecule has 0 aliphatic carbocycles. The number of rotatable bonds is 6. The molecule has 0 saturated carbocycles. The molecule has 1 amide bonds. The van der Waals surface area contributed by atoms with Crippen molar-refractivity contribution < 1.29 is 14.3 Å². The lowest BCUT2D eigenvalue weighted by Gasteiger charge is -2.13. The van der Waals surface area contributed by atoms with E-state index in [0.717, 1.165) is 0 Å². The van der Waals surface area contributed by atoms with E-state index in [1.165, 1.54) is 22.6 Å².